The van der Waals surface area contributed by atoms with Gasteiger partial charge < -0.3 is 4.74 Å². The van der Waals surface area contributed by atoms with Crippen molar-refractivity contribution in [2.24, 2.45) is 0 Å². The molecule has 0 aliphatic carbocycles. The highest BCUT2D eigenvalue weighted by molar-refractivity contribution is 7.92. The van der Waals surface area contributed by atoms with Gasteiger partial charge in [0.05, 0.1) is 16.1 Å². The van der Waals surface area contributed by atoms with Gasteiger partial charge in [0, 0.05) is 6.54 Å². The van der Waals surface area contributed by atoms with Crippen LogP contribution in [0, 0.1) is 6.92 Å². The summed E-state index contributed by atoms with van der Waals surface area (Å²) in [4.78, 5) is 12.4. The predicted molar refractivity (Wildman–Crippen MR) is 113 cm³/mol. The zero-order valence-electron chi connectivity index (χ0n) is 16.4. The van der Waals surface area contributed by atoms with Gasteiger partial charge in [0.1, 0.15) is 6.61 Å². The molecule has 3 aromatic carbocycles. The SMILES string of the molecule is CCN(c1ccccc1)S(=O)(=O)c1ccc(C(=O)OCc2ccc(C)cc2)cc1. The molecule has 5 nitrogen and oxygen atoms in total. The highest BCUT2D eigenvalue weighted by Gasteiger charge is 2.23. The molecular weight excluding hydrogens is 386 g/mol. The van der Waals surface area contributed by atoms with Crippen LogP contribution in [0.4, 0.5) is 5.69 Å². The molecule has 6 heteroatoms. The smallest absolute Gasteiger partial charge is 0.338 e. The number of sulfonamides is 1. The van der Waals surface area contributed by atoms with Gasteiger partial charge in [-0.05, 0) is 55.8 Å². The molecule has 0 aliphatic rings. The van der Waals surface area contributed by atoms with Crippen molar-refractivity contribution in [1.29, 1.82) is 0 Å². The molecule has 0 aliphatic heterocycles. The second-order valence-electron chi connectivity index (χ2n) is 6.59. The van der Waals surface area contributed by atoms with Gasteiger partial charge in [0.15, 0.2) is 0 Å². The molecule has 0 fully saturated rings. The van der Waals surface area contributed by atoms with Crippen molar-refractivity contribution in [3.8, 4) is 0 Å². The summed E-state index contributed by atoms with van der Waals surface area (Å²) in [5.74, 6) is -0.495. The number of para-hydroxylation sites is 1. The van der Waals surface area contributed by atoms with E-state index in [1.165, 1.54) is 28.6 Å². The molecule has 0 saturated carbocycles. The maximum atomic E-state index is 13.0. The van der Waals surface area contributed by atoms with Crippen molar-refractivity contribution >= 4 is 21.7 Å². The standard InChI is InChI=1S/C23H23NO4S/c1-3-24(21-7-5-4-6-8-21)29(26,27)22-15-13-20(14-16-22)23(25)28-17-19-11-9-18(2)10-12-19/h4-16H,3,17H2,1-2H3. The molecule has 29 heavy (non-hydrogen) atoms. The first kappa shape index (κ1) is 20.6. The third-order valence-corrected chi connectivity index (χ3v) is 6.42. The molecule has 3 rings (SSSR count). The second kappa shape index (κ2) is 8.92. The van der Waals surface area contributed by atoms with E-state index in [4.69, 9.17) is 4.74 Å². The minimum absolute atomic E-state index is 0.123. The van der Waals surface area contributed by atoms with Crippen LogP contribution in [0.25, 0.3) is 0 Å². The van der Waals surface area contributed by atoms with Crippen molar-refractivity contribution in [2.45, 2.75) is 25.3 Å². The summed E-state index contributed by atoms with van der Waals surface area (Å²) in [6.45, 7) is 4.23. The summed E-state index contributed by atoms with van der Waals surface area (Å²) >= 11 is 0. The number of ether oxygens (including phenoxy) is 1. The first-order valence-corrected chi connectivity index (χ1v) is 10.8. The molecule has 3 aromatic rings. The number of aryl methyl sites for hydroxylation is 1. The van der Waals surface area contributed by atoms with Crippen LogP contribution >= 0.6 is 0 Å². The van der Waals surface area contributed by atoms with E-state index in [1.54, 1.807) is 31.2 Å². The molecule has 0 amide bonds. The summed E-state index contributed by atoms with van der Waals surface area (Å²) in [7, 11) is -3.72. The lowest BCUT2D eigenvalue weighted by molar-refractivity contribution is 0.0472. The fourth-order valence-electron chi connectivity index (χ4n) is 2.89. The summed E-state index contributed by atoms with van der Waals surface area (Å²) in [5.41, 5.74) is 2.92. The van der Waals surface area contributed by atoms with Crippen LogP contribution in [0.15, 0.2) is 83.8 Å². The Bertz CT molecular complexity index is 1060. The highest BCUT2D eigenvalue weighted by atomic mass is 32.2. The van der Waals surface area contributed by atoms with Crippen LogP contribution in [0.5, 0.6) is 0 Å². The third-order valence-electron chi connectivity index (χ3n) is 4.50. The Labute approximate surface area is 171 Å². The van der Waals surface area contributed by atoms with Crippen LogP contribution < -0.4 is 4.31 Å². The van der Waals surface area contributed by atoms with E-state index in [0.717, 1.165) is 11.1 Å². The zero-order valence-corrected chi connectivity index (χ0v) is 17.2. The van der Waals surface area contributed by atoms with Crippen molar-refractivity contribution < 1.29 is 17.9 Å². The largest absolute Gasteiger partial charge is 0.457 e. The topological polar surface area (TPSA) is 63.7 Å². The number of carbonyl (C=O) groups excluding carboxylic acids is 1. The van der Waals surface area contributed by atoms with Gasteiger partial charge >= 0.3 is 5.97 Å². The molecule has 0 radical (unpaired) electrons. The third kappa shape index (κ3) is 4.84. The van der Waals surface area contributed by atoms with Gasteiger partial charge in [0.2, 0.25) is 0 Å². The van der Waals surface area contributed by atoms with E-state index < -0.39 is 16.0 Å². The normalized spacial score (nSPS) is 11.1. The molecular formula is C23H23NO4S. The monoisotopic (exact) mass is 409 g/mol. The lowest BCUT2D eigenvalue weighted by Crippen LogP contribution is -2.30. The van der Waals surface area contributed by atoms with Crippen molar-refractivity contribution in [3.63, 3.8) is 0 Å². The number of nitrogens with zero attached hydrogens (tertiary/aromatic N) is 1. The van der Waals surface area contributed by atoms with Crippen LogP contribution in [-0.4, -0.2) is 20.9 Å². The summed E-state index contributed by atoms with van der Waals surface area (Å²) in [6.07, 6.45) is 0. The molecule has 0 bridgehead atoms. The first-order valence-electron chi connectivity index (χ1n) is 9.32. The Balaban J connectivity index is 1.73. The number of esters is 1. The molecule has 0 N–H and O–H groups in total. The van der Waals surface area contributed by atoms with E-state index in [2.05, 4.69) is 0 Å². The fraction of sp³-hybridized carbons (Fsp3) is 0.174. The predicted octanol–water partition coefficient (Wildman–Crippen LogP) is 4.57. The first-order chi connectivity index (χ1) is 13.9. The molecule has 0 unspecified atom stereocenters. The number of hydrogen-bond acceptors (Lipinski definition) is 4. The summed E-state index contributed by atoms with van der Waals surface area (Å²) in [5, 5.41) is 0. The molecule has 0 atom stereocenters. The van der Waals surface area contributed by atoms with Crippen LogP contribution in [0.2, 0.25) is 0 Å². The molecule has 0 aromatic heterocycles. The fourth-order valence-corrected chi connectivity index (χ4v) is 4.37. The molecule has 0 heterocycles. The van der Waals surface area contributed by atoms with Gasteiger partial charge in [-0.3, -0.25) is 4.31 Å². The number of anilines is 1. The molecule has 0 spiro atoms. The Kier molecular flexibility index (Phi) is 6.34. The number of hydrogen-bond donors (Lipinski definition) is 0. The van der Waals surface area contributed by atoms with E-state index in [-0.39, 0.29) is 11.5 Å². The zero-order chi connectivity index (χ0) is 20.9. The van der Waals surface area contributed by atoms with Gasteiger partial charge in [0.25, 0.3) is 10.0 Å². The molecule has 0 saturated heterocycles. The van der Waals surface area contributed by atoms with Crippen molar-refractivity contribution in [3.05, 3.63) is 95.6 Å². The van der Waals surface area contributed by atoms with Gasteiger partial charge in [-0.1, -0.05) is 48.0 Å². The number of rotatable bonds is 7. The minimum atomic E-state index is -3.72. The van der Waals surface area contributed by atoms with E-state index in [0.29, 0.717) is 17.8 Å². The van der Waals surface area contributed by atoms with E-state index in [1.807, 2.05) is 37.3 Å². The quantitative estimate of drug-likeness (QED) is 0.537. The van der Waals surface area contributed by atoms with Gasteiger partial charge in [-0.2, -0.15) is 0 Å². The van der Waals surface area contributed by atoms with Crippen molar-refractivity contribution in [1.82, 2.24) is 0 Å². The summed E-state index contributed by atoms with van der Waals surface area (Å²) < 4.78 is 32.6. The minimum Gasteiger partial charge on any atom is -0.457 e. The lowest BCUT2D eigenvalue weighted by Gasteiger charge is -2.22. The van der Waals surface area contributed by atoms with Crippen LogP contribution in [0.1, 0.15) is 28.4 Å². The van der Waals surface area contributed by atoms with Crippen LogP contribution in [0.3, 0.4) is 0 Å². The Morgan fingerprint density at radius 3 is 2.10 bits per heavy atom. The highest BCUT2D eigenvalue weighted by Crippen LogP contribution is 2.23. The maximum absolute atomic E-state index is 13.0. The van der Waals surface area contributed by atoms with Crippen LogP contribution in [-0.2, 0) is 21.4 Å². The van der Waals surface area contributed by atoms with Gasteiger partial charge in [-0.15, -0.1) is 0 Å². The number of carbonyl (C=O) groups is 1. The number of benzene rings is 3. The van der Waals surface area contributed by atoms with E-state index >= 15 is 0 Å². The molecule has 150 valence electrons. The Hall–Kier alpha value is -3.12. The van der Waals surface area contributed by atoms with Gasteiger partial charge in [-0.25, -0.2) is 13.2 Å². The van der Waals surface area contributed by atoms with E-state index in [9.17, 15) is 13.2 Å². The Morgan fingerprint density at radius 2 is 1.52 bits per heavy atom. The Morgan fingerprint density at radius 1 is 0.897 bits per heavy atom. The average Bonchev–Trinajstić information content (AvgIpc) is 2.74. The lowest BCUT2D eigenvalue weighted by atomic mass is 10.2. The average molecular weight is 410 g/mol. The van der Waals surface area contributed by atoms with Crippen molar-refractivity contribution in [2.75, 3.05) is 10.8 Å². The summed E-state index contributed by atoms with van der Waals surface area (Å²) in [6, 6.07) is 22.4. The maximum Gasteiger partial charge on any atom is 0.338 e. The second-order valence-corrected chi connectivity index (χ2v) is 8.45.